The van der Waals surface area contributed by atoms with Gasteiger partial charge in [-0.15, -0.1) is 5.10 Å². The Hall–Kier alpha value is -1.96. The Morgan fingerprint density at radius 2 is 2.12 bits per heavy atom. The molecule has 0 bridgehead atoms. The Balaban J connectivity index is 2.03. The summed E-state index contributed by atoms with van der Waals surface area (Å²) in [6, 6.07) is 0. The van der Waals surface area contributed by atoms with Crippen molar-refractivity contribution < 1.29 is 9.59 Å². The van der Waals surface area contributed by atoms with Crippen LogP contribution in [0.25, 0.3) is 0 Å². The van der Waals surface area contributed by atoms with Crippen LogP contribution in [-0.2, 0) is 11.3 Å². The molecule has 0 saturated carbocycles. The average Bonchev–Trinajstić information content (AvgIpc) is 2.77. The third-order valence-corrected chi connectivity index (χ3v) is 2.48. The zero-order chi connectivity index (χ0) is 12.3. The van der Waals surface area contributed by atoms with E-state index in [0.29, 0.717) is 13.1 Å². The number of nitrogens with two attached hydrogens (primary N) is 1. The molecule has 1 aliphatic rings. The van der Waals surface area contributed by atoms with Crippen LogP contribution >= 0.6 is 0 Å². The minimum Gasteiger partial charge on any atom is -0.368 e. The monoisotopic (exact) mass is 238 g/mol. The SMILES string of the molecule is NC(=O)Cn1cc(C(=O)N2CCNCC2)nn1. The van der Waals surface area contributed by atoms with E-state index in [4.69, 9.17) is 5.73 Å². The fraction of sp³-hybridized carbons (Fsp3) is 0.556. The van der Waals surface area contributed by atoms with E-state index < -0.39 is 5.91 Å². The lowest BCUT2D eigenvalue weighted by atomic mass is 10.3. The lowest BCUT2D eigenvalue weighted by molar-refractivity contribution is -0.118. The van der Waals surface area contributed by atoms with Gasteiger partial charge in [-0.1, -0.05) is 5.21 Å². The summed E-state index contributed by atoms with van der Waals surface area (Å²) in [6.45, 7) is 2.80. The van der Waals surface area contributed by atoms with E-state index in [-0.39, 0.29) is 18.1 Å². The topological polar surface area (TPSA) is 106 Å². The van der Waals surface area contributed by atoms with Gasteiger partial charge in [0.15, 0.2) is 5.69 Å². The predicted molar refractivity (Wildman–Crippen MR) is 58.0 cm³/mol. The van der Waals surface area contributed by atoms with Crippen LogP contribution in [0, 0.1) is 0 Å². The van der Waals surface area contributed by atoms with Crippen molar-refractivity contribution in [1.82, 2.24) is 25.2 Å². The Morgan fingerprint density at radius 3 is 2.76 bits per heavy atom. The first-order valence-corrected chi connectivity index (χ1v) is 5.35. The van der Waals surface area contributed by atoms with Gasteiger partial charge in [-0.2, -0.15) is 0 Å². The molecule has 1 fully saturated rings. The summed E-state index contributed by atoms with van der Waals surface area (Å²) < 4.78 is 1.26. The number of nitrogens with zero attached hydrogens (tertiary/aromatic N) is 4. The van der Waals surface area contributed by atoms with Gasteiger partial charge in [-0.05, 0) is 0 Å². The summed E-state index contributed by atoms with van der Waals surface area (Å²) in [5, 5.41) is 10.6. The van der Waals surface area contributed by atoms with Crippen molar-refractivity contribution in [2.75, 3.05) is 26.2 Å². The number of hydrogen-bond acceptors (Lipinski definition) is 5. The Labute approximate surface area is 97.7 Å². The third-order valence-electron chi connectivity index (χ3n) is 2.48. The lowest BCUT2D eigenvalue weighted by Gasteiger charge is -2.26. The fourth-order valence-corrected chi connectivity index (χ4v) is 1.66. The molecule has 1 saturated heterocycles. The number of primary amides is 1. The minimum absolute atomic E-state index is 0.0676. The number of rotatable bonds is 3. The number of hydrogen-bond donors (Lipinski definition) is 2. The summed E-state index contributed by atoms with van der Waals surface area (Å²) >= 11 is 0. The van der Waals surface area contributed by atoms with Gasteiger partial charge in [-0.3, -0.25) is 9.59 Å². The van der Waals surface area contributed by atoms with Crippen LogP contribution in [0.15, 0.2) is 6.20 Å². The highest BCUT2D eigenvalue weighted by molar-refractivity contribution is 5.92. The predicted octanol–water partition coefficient (Wildman–Crippen LogP) is -2.19. The number of amides is 2. The van der Waals surface area contributed by atoms with Gasteiger partial charge < -0.3 is 16.0 Å². The quantitative estimate of drug-likeness (QED) is 0.622. The summed E-state index contributed by atoms with van der Waals surface area (Å²) in [4.78, 5) is 24.3. The van der Waals surface area contributed by atoms with Crippen LogP contribution in [0.1, 0.15) is 10.5 Å². The summed E-state index contributed by atoms with van der Waals surface area (Å²) in [6.07, 6.45) is 1.44. The third kappa shape index (κ3) is 2.78. The van der Waals surface area contributed by atoms with E-state index in [0.717, 1.165) is 13.1 Å². The van der Waals surface area contributed by atoms with Crippen molar-refractivity contribution in [2.45, 2.75) is 6.54 Å². The number of aromatic nitrogens is 3. The van der Waals surface area contributed by atoms with Crippen LogP contribution in [0.3, 0.4) is 0 Å². The first kappa shape index (κ1) is 11.5. The molecule has 8 heteroatoms. The Bertz CT molecular complexity index is 423. The number of carbonyl (C=O) groups excluding carboxylic acids is 2. The van der Waals surface area contributed by atoms with E-state index in [1.54, 1.807) is 4.90 Å². The molecule has 2 heterocycles. The lowest BCUT2D eigenvalue weighted by Crippen LogP contribution is -2.46. The van der Waals surface area contributed by atoms with Crippen LogP contribution in [0.4, 0.5) is 0 Å². The molecule has 0 radical (unpaired) electrons. The van der Waals surface area contributed by atoms with Gasteiger partial charge in [0.1, 0.15) is 6.54 Å². The van der Waals surface area contributed by atoms with E-state index in [9.17, 15) is 9.59 Å². The van der Waals surface area contributed by atoms with Crippen molar-refractivity contribution in [3.05, 3.63) is 11.9 Å². The molecule has 17 heavy (non-hydrogen) atoms. The Kier molecular flexibility index (Phi) is 3.33. The largest absolute Gasteiger partial charge is 0.368 e. The molecule has 0 spiro atoms. The van der Waals surface area contributed by atoms with Crippen LogP contribution in [0.5, 0.6) is 0 Å². The van der Waals surface area contributed by atoms with E-state index in [2.05, 4.69) is 15.6 Å². The average molecular weight is 238 g/mol. The van der Waals surface area contributed by atoms with Crippen molar-refractivity contribution in [2.24, 2.45) is 5.73 Å². The summed E-state index contributed by atoms with van der Waals surface area (Å²) in [5.74, 6) is -0.682. The fourth-order valence-electron chi connectivity index (χ4n) is 1.66. The smallest absolute Gasteiger partial charge is 0.276 e. The summed E-state index contributed by atoms with van der Waals surface area (Å²) in [7, 11) is 0. The van der Waals surface area contributed by atoms with Crippen molar-refractivity contribution >= 4 is 11.8 Å². The highest BCUT2D eigenvalue weighted by atomic mass is 16.2. The molecule has 2 amide bonds. The maximum absolute atomic E-state index is 12.0. The standard InChI is InChI=1S/C9H14N6O2/c10-8(16)6-15-5-7(12-13-15)9(17)14-3-1-11-2-4-14/h5,11H,1-4,6H2,(H2,10,16). The number of nitrogens with one attached hydrogen (secondary N) is 1. The van der Waals surface area contributed by atoms with E-state index in [1.165, 1.54) is 10.9 Å². The van der Waals surface area contributed by atoms with Gasteiger partial charge in [0.2, 0.25) is 5.91 Å². The number of carbonyl (C=O) groups is 2. The molecule has 2 rings (SSSR count). The van der Waals surface area contributed by atoms with Crippen LogP contribution in [0.2, 0.25) is 0 Å². The molecule has 1 aromatic rings. The first-order valence-electron chi connectivity index (χ1n) is 5.35. The molecule has 0 aromatic carbocycles. The summed E-state index contributed by atoms with van der Waals surface area (Å²) in [5.41, 5.74) is 5.27. The van der Waals surface area contributed by atoms with Crippen molar-refractivity contribution in [1.29, 1.82) is 0 Å². The zero-order valence-corrected chi connectivity index (χ0v) is 9.30. The minimum atomic E-state index is -0.518. The second-order valence-electron chi connectivity index (χ2n) is 3.81. The molecule has 0 aliphatic carbocycles. The Morgan fingerprint density at radius 1 is 1.41 bits per heavy atom. The zero-order valence-electron chi connectivity index (χ0n) is 9.30. The second kappa shape index (κ2) is 4.91. The molecular formula is C9H14N6O2. The van der Waals surface area contributed by atoms with Crippen molar-refractivity contribution in [3.63, 3.8) is 0 Å². The number of piperazine rings is 1. The van der Waals surface area contributed by atoms with Crippen LogP contribution in [-0.4, -0.2) is 57.9 Å². The molecule has 0 unspecified atom stereocenters. The molecule has 1 aliphatic heterocycles. The van der Waals surface area contributed by atoms with E-state index >= 15 is 0 Å². The van der Waals surface area contributed by atoms with Gasteiger partial charge in [0, 0.05) is 26.2 Å². The van der Waals surface area contributed by atoms with Gasteiger partial charge in [0.25, 0.3) is 5.91 Å². The second-order valence-corrected chi connectivity index (χ2v) is 3.81. The molecular weight excluding hydrogens is 224 g/mol. The maximum Gasteiger partial charge on any atom is 0.276 e. The normalized spacial score (nSPS) is 15.9. The van der Waals surface area contributed by atoms with Gasteiger partial charge in [0.05, 0.1) is 6.20 Å². The molecule has 3 N–H and O–H groups in total. The van der Waals surface area contributed by atoms with Crippen molar-refractivity contribution in [3.8, 4) is 0 Å². The molecule has 8 nitrogen and oxygen atoms in total. The van der Waals surface area contributed by atoms with Gasteiger partial charge >= 0.3 is 0 Å². The first-order chi connectivity index (χ1) is 8.16. The van der Waals surface area contributed by atoms with E-state index in [1.807, 2.05) is 0 Å². The maximum atomic E-state index is 12.0. The van der Waals surface area contributed by atoms with Gasteiger partial charge in [-0.25, -0.2) is 4.68 Å². The molecule has 1 aromatic heterocycles. The highest BCUT2D eigenvalue weighted by Gasteiger charge is 2.20. The highest BCUT2D eigenvalue weighted by Crippen LogP contribution is 2.02. The molecule has 0 atom stereocenters. The van der Waals surface area contributed by atoms with Crippen LogP contribution < -0.4 is 11.1 Å². The molecule has 92 valence electrons.